The smallest absolute Gasteiger partial charge is 0.418 e. The number of hydrogen-bond donors (Lipinski definition) is 2. The van der Waals surface area contributed by atoms with Gasteiger partial charge in [0.15, 0.2) is 12.4 Å². The van der Waals surface area contributed by atoms with Crippen LogP contribution in [-0.2, 0) is 15.8 Å². The summed E-state index contributed by atoms with van der Waals surface area (Å²) in [5.41, 5.74) is -1.03. The average molecular weight is 487 g/mol. The van der Waals surface area contributed by atoms with Gasteiger partial charge in [0.1, 0.15) is 5.75 Å². The Hall–Kier alpha value is -4.28. The number of alkyl halides is 3. The number of carbonyl (C=O) groups is 3. The highest BCUT2D eigenvalue weighted by molar-refractivity contribution is 6.02. The standard InChI is InChI=1S/C24H20F3N3O5/c25-24(26,27)18-13-15(28-23(33)20-3-2-12-34-20)5-10-19(18)29-21(31)14-35-17-8-6-16(7-9-17)30-11-1-4-22(30)32/h2-3,5-10,12-13H,1,4,11,14H2,(H,28,33)(H,29,31). The number of anilines is 3. The lowest BCUT2D eigenvalue weighted by Crippen LogP contribution is -2.24. The molecule has 0 unspecified atom stereocenters. The summed E-state index contributed by atoms with van der Waals surface area (Å²) in [6.07, 6.45) is -2.25. The monoisotopic (exact) mass is 487 g/mol. The van der Waals surface area contributed by atoms with Crippen molar-refractivity contribution in [3.05, 3.63) is 72.2 Å². The molecule has 0 bridgehead atoms. The normalized spacial score (nSPS) is 13.6. The van der Waals surface area contributed by atoms with Gasteiger partial charge in [0, 0.05) is 24.3 Å². The highest BCUT2D eigenvalue weighted by Gasteiger charge is 2.34. The molecule has 1 aromatic heterocycles. The molecular weight excluding hydrogens is 467 g/mol. The number of nitrogens with one attached hydrogen (secondary N) is 2. The van der Waals surface area contributed by atoms with Gasteiger partial charge in [0.25, 0.3) is 11.8 Å². The number of hydrogen-bond acceptors (Lipinski definition) is 5. The summed E-state index contributed by atoms with van der Waals surface area (Å²) >= 11 is 0. The molecule has 0 radical (unpaired) electrons. The van der Waals surface area contributed by atoms with E-state index in [1.807, 2.05) is 0 Å². The van der Waals surface area contributed by atoms with Crippen LogP contribution in [0.3, 0.4) is 0 Å². The Labute approximate surface area is 197 Å². The highest BCUT2D eigenvalue weighted by atomic mass is 19.4. The van der Waals surface area contributed by atoms with Gasteiger partial charge in [-0.3, -0.25) is 14.4 Å². The van der Waals surface area contributed by atoms with Gasteiger partial charge in [-0.25, -0.2) is 0 Å². The maximum Gasteiger partial charge on any atom is 0.418 e. The minimum atomic E-state index is -4.79. The van der Waals surface area contributed by atoms with E-state index in [4.69, 9.17) is 9.15 Å². The van der Waals surface area contributed by atoms with Gasteiger partial charge in [-0.15, -0.1) is 0 Å². The molecule has 2 aromatic carbocycles. The summed E-state index contributed by atoms with van der Waals surface area (Å²) < 4.78 is 51.1. The van der Waals surface area contributed by atoms with E-state index in [0.717, 1.165) is 18.6 Å². The Balaban J connectivity index is 1.39. The van der Waals surface area contributed by atoms with Crippen LogP contribution in [-0.4, -0.2) is 30.9 Å². The Morgan fingerprint density at radius 1 is 1.06 bits per heavy atom. The fourth-order valence-corrected chi connectivity index (χ4v) is 3.54. The zero-order valence-electron chi connectivity index (χ0n) is 18.2. The molecular formula is C24H20F3N3O5. The maximum absolute atomic E-state index is 13.6. The van der Waals surface area contributed by atoms with E-state index in [1.54, 1.807) is 29.2 Å². The predicted molar refractivity (Wildman–Crippen MR) is 120 cm³/mol. The fourth-order valence-electron chi connectivity index (χ4n) is 3.54. The quantitative estimate of drug-likeness (QED) is 0.504. The number of benzene rings is 2. The number of halogens is 3. The largest absolute Gasteiger partial charge is 0.484 e. The molecule has 0 atom stereocenters. The van der Waals surface area contributed by atoms with Crippen LogP contribution >= 0.6 is 0 Å². The maximum atomic E-state index is 13.6. The molecule has 0 aliphatic carbocycles. The number of amides is 3. The first-order chi connectivity index (χ1) is 16.7. The van der Waals surface area contributed by atoms with Crippen molar-refractivity contribution in [3.63, 3.8) is 0 Å². The third-order valence-electron chi connectivity index (χ3n) is 5.19. The Bertz CT molecular complexity index is 1220. The second-order valence-corrected chi connectivity index (χ2v) is 7.67. The van der Waals surface area contributed by atoms with Crippen molar-refractivity contribution in [2.75, 3.05) is 28.7 Å². The van der Waals surface area contributed by atoms with Crippen molar-refractivity contribution >= 4 is 34.8 Å². The van der Waals surface area contributed by atoms with Crippen LogP contribution in [0.15, 0.2) is 65.3 Å². The number of rotatable bonds is 7. The molecule has 3 amide bonds. The van der Waals surface area contributed by atoms with E-state index in [0.29, 0.717) is 24.4 Å². The van der Waals surface area contributed by atoms with Crippen molar-refractivity contribution in [2.45, 2.75) is 19.0 Å². The first kappa shape index (κ1) is 23.9. The molecule has 1 fully saturated rings. The van der Waals surface area contributed by atoms with Gasteiger partial charge >= 0.3 is 6.18 Å². The zero-order chi connectivity index (χ0) is 25.0. The molecule has 11 heteroatoms. The van der Waals surface area contributed by atoms with Gasteiger partial charge in [-0.2, -0.15) is 13.2 Å². The molecule has 1 saturated heterocycles. The fraction of sp³-hybridized carbons (Fsp3) is 0.208. The van der Waals surface area contributed by atoms with Gasteiger partial charge in [-0.1, -0.05) is 0 Å². The lowest BCUT2D eigenvalue weighted by Gasteiger charge is -2.17. The Morgan fingerprint density at radius 2 is 1.83 bits per heavy atom. The average Bonchev–Trinajstić information content (AvgIpc) is 3.50. The summed E-state index contributed by atoms with van der Waals surface area (Å²) in [5.74, 6) is -1.23. The molecule has 1 aliphatic heterocycles. The van der Waals surface area contributed by atoms with Crippen LogP contribution in [0.2, 0.25) is 0 Å². The van der Waals surface area contributed by atoms with E-state index < -0.39 is 35.8 Å². The lowest BCUT2D eigenvalue weighted by molar-refractivity contribution is -0.137. The van der Waals surface area contributed by atoms with Gasteiger partial charge in [-0.05, 0) is 61.0 Å². The van der Waals surface area contributed by atoms with Crippen molar-refractivity contribution in [1.29, 1.82) is 0 Å². The first-order valence-corrected chi connectivity index (χ1v) is 10.6. The molecule has 2 heterocycles. The molecule has 182 valence electrons. The Kier molecular flexibility index (Phi) is 6.76. The highest BCUT2D eigenvalue weighted by Crippen LogP contribution is 2.36. The van der Waals surface area contributed by atoms with Gasteiger partial charge in [0.2, 0.25) is 5.91 Å². The van der Waals surface area contributed by atoms with Crippen molar-refractivity contribution in [1.82, 2.24) is 0 Å². The summed E-state index contributed by atoms with van der Waals surface area (Å²) in [5, 5.41) is 4.51. The summed E-state index contributed by atoms with van der Waals surface area (Å²) in [7, 11) is 0. The van der Waals surface area contributed by atoms with E-state index in [9.17, 15) is 27.6 Å². The van der Waals surface area contributed by atoms with Gasteiger partial charge in [0.05, 0.1) is 17.5 Å². The molecule has 1 aliphatic rings. The molecule has 0 saturated carbocycles. The third kappa shape index (κ3) is 5.81. The van der Waals surface area contributed by atoms with Gasteiger partial charge < -0.3 is 24.7 Å². The summed E-state index contributed by atoms with van der Waals surface area (Å²) in [6.45, 7) is 0.102. The lowest BCUT2D eigenvalue weighted by atomic mass is 10.1. The number of ether oxygens (including phenoxy) is 1. The van der Waals surface area contributed by atoms with Crippen LogP contribution in [0, 0.1) is 0 Å². The first-order valence-electron chi connectivity index (χ1n) is 10.6. The molecule has 4 rings (SSSR count). The number of furan rings is 1. The molecule has 0 spiro atoms. The number of nitrogens with zero attached hydrogens (tertiary/aromatic N) is 1. The van der Waals surface area contributed by atoms with Crippen LogP contribution in [0.4, 0.5) is 30.2 Å². The van der Waals surface area contributed by atoms with E-state index in [1.165, 1.54) is 24.5 Å². The van der Waals surface area contributed by atoms with Crippen molar-refractivity contribution in [3.8, 4) is 5.75 Å². The third-order valence-corrected chi connectivity index (χ3v) is 5.19. The van der Waals surface area contributed by atoms with Crippen LogP contribution < -0.4 is 20.3 Å². The van der Waals surface area contributed by atoms with Crippen LogP contribution in [0.5, 0.6) is 5.75 Å². The minimum Gasteiger partial charge on any atom is -0.484 e. The van der Waals surface area contributed by atoms with Crippen molar-refractivity contribution < 1.29 is 36.7 Å². The van der Waals surface area contributed by atoms with Crippen molar-refractivity contribution in [2.24, 2.45) is 0 Å². The topological polar surface area (TPSA) is 101 Å². The summed E-state index contributed by atoms with van der Waals surface area (Å²) in [6, 6.07) is 12.3. The summed E-state index contributed by atoms with van der Waals surface area (Å²) in [4.78, 5) is 37.8. The number of carbonyl (C=O) groups excluding carboxylic acids is 3. The SMILES string of the molecule is O=C(COc1ccc(N2CCCC2=O)cc1)Nc1ccc(NC(=O)c2ccco2)cc1C(F)(F)F. The second-order valence-electron chi connectivity index (χ2n) is 7.67. The zero-order valence-corrected chi connectivity index (χ0v) is 18.2. The molecule has 8 nitrogen and oxygen atoms in total. The van der Waals surface area contributed by atoms with Crippen LogP contribution in [0.25, 0.3) is 0 Å². The van der Waals surface area contributed by atoms with E-state index in [-0.39, 0.29) is 17.4 Å². The molecule has 2 N–H and O–H groups in total. The minimum absolute atomic E-state index is 0.0325. The van der Waals surface area contributed by atoms with Crippen LogP contribution in [0.1, 0.15) is 29.0 Å². The second kappa shape index (κ2) is 9.92. The predicted octanol–water partition coefficient (Wildman–Crippen LogP) is 4.70. The molecule has 3 aromatic rings. The Morgan fingerprint density at radius 3 is 2.46 bits per heavy atom. The molecule has 35 heavy (non-hydrogen) atoms. The van der Waals surface area contributed by atoms with E-state index >= 15 is 0 Å². The van der Waals surface area contributed by atoms with E-state index in [2.05, 4.69) is 10.6 Å².